The molecule has 3 aliphatic rings. The Kier molecular flexibility index (Phi) is 4.55. The molecule has 4 nitrogen and oxygen atoms in total. The molecule has 0 saturated carbocycles. The van der Waals surface area contributed by atoms with E-state index in [9.17, 15) is 4.79 Å². The van der Waals surface area contributed by atoms with E-state index in [0.717, 1.165) is 54.9 Å². The van der Waals surface area contributed by atoms with Gasteiger partial charge in [0.15, 0.2) is 0 Å². The summed E-state index contributed by atoms with van der Waals surface area (Å²) in [6.07, 6.45) is 2.31. The topological polar surface area (TPSA) is 52.6 Å². The summed E-state index contributed by atoms with van der Waals surface area (Å²) >= 11 is 0. The highest BCUT2D eigenvalue weighted by atomic mass is 16.3. The fourth-order valence-corrected chi connectivity index (χ4v) is 4.05. The van der Waals surface area contributed by atoms with Gasteiger partial charge in [-0.2, -0.15) is 0 Å². The molecule has 3 fully saturated rings. The van der Waals surface area contributed by atoms with Crippen molar-refractivity contribution in [3.63, 3.8) is 0 Å². The lowest BCUT2D eigenvalue weighted by molar-refractivity contribution is -0.125. The Bertz CT molecular complexity index is 731. The van der Waals surface area contributed by atoms with E-state index in [0.29, 0.717) is 5.92 Å². The van der Waals surface area contributed by atoms with Crippen molar-refractivity contribution in [3.05, 3.63) is 54.1 Å². The molecule has 4 heteroatoms. The maximum atomic E-state index is 12.6. The van der Waals surface area contributed by atoms with E-state index in [2.05, 4.69) is 10.2 Å². The van der Waals surface area contributed by atoms with Gasteiger partial charge in [-0.1, -0.05) is 36.4 Å². The molecule has 0 aliphatic carbocycles. The number of nitrogens with one attached hydrogen (secondary N) is 1. The Morgan fingerprint density at radius 1 is 1.00 bits per heavy atom. The SMILES string of the molecule is O=C(Nc1ccc(-c2ccc(CO)cc2)cc1)[C@@H]1CN2CCC1CC2. The molecule has 3 aliphatic heterocycles. The first-order valence-electron chi connectivity index (χ1n) is 9.06. The quantitative estimate of drug-likeness (QED) is 0.902. The van der Waals surface area contributed by atoms with E-state index in [4.69, 9.17) is 5.11 Å². The lowest BCUT2D eigenvalue weighted by atomic mass is 9.78. The van der Waals surface area contributed by atoms with Crippen LogP contribution in [0.2, 0.25) is 0 Å². The molecule has 2 aromatic rings. The Labute approximate surface area is 148 Å². The number of aliphatic hydroxyl groups is 1. The van der Waals surface area contributed by atoms with Crippen molar-refractivity contribution in [2.24, 2.45) is 11.8 Å². The normalized spacial score (nSPS) is 24.9. The summed E-state index contributed by atoms with van der Waals surface area (Å²) in [6.45, 7) is 3.27. The van der Waals surface area contributed by atoms with Crippen LogP contribution in [-0.2, 0) is 11.4 Å². The van der Waals surface area contributed by atoms with Crippen LogP contribution in [-0.4, -0.2) is 35.5 Å². The molecule has 0 unspecified atom stereocenters. The molecule has 1 atom stereocenters. The van der Waals surface area contributed by atoms with Crippen molar-refractivity contribution < 1.29 is 9.90 Å². The van der Waals surface area contributed by atoms with Crippen molar-refractivity contribution in [1.29, 1.82) is 0 Å². The molecule has 0 spiro atoms. The zero-order valence-electron chi connectivity index (χ0n) is 14.3. The Morgan fingerprint density at radius 2 is 1.60 bits per heavy atom. The lowest BCUT2D eigenvalue weighted by Gasteiger charge is -2.43. The maximum Gasteiger partial charge on any atom is 0.229 e. The average Bonchev–Trinajstić information content (AvgIpc) is 2.69. The van der Waals surface area contributed by atoms with E-state index < -0.39 is 0 Å². The summed E-state index contributed by atoms with van der Waals surface area (Å²) in [6, 6.07) is 15.9. The van der Waals surface area contributed by atoms with Gasteiger partial charge >= 0.3 is 0 Å². The molecule has 3 heterocycles. The number of fused-ring (bicyclic) bond motifs is 3. The number of piperidine rings is 3. The van der Waals surface area contributed by atoms with Crippen LogP contribution in [0, 0.1) is 11.8 Å². The molecule has 2 aromatic carbocycles. The number of anilines is 1. The van der Waals surface area contributed by atoms with Crippen LogP contribution in [0.5, 0.6) is 0 Å². The van der Waals surface area contributed by atoms with Crippen LogP contribution >= 0.6 is 0 Å². The fourth-order valence-electron chi connectivity index (χ4n) is 4.05. The summed E-state index contributed by atoms with van der Waals surface area (Å²) in [5.41, 5.74) is 3.97. The van der Waals surface area contributed by atoms with Gasteiger partial charge < -0.3 is 15.3 Å². The second-order valence-corrected chi connectivity index (χ2v) is 7.17. The number of hydrogen-bond acceptors (Lipinski definition) is 3. The third-order valence-corrected chi connectivity index (χ3v) is 5.62. The van der Waals surface area contributed by atoms with Crippen LogP contribution in [0.25, 0.3) is 11.1 Å². The molecule has 0 radical (unpaired) electrons. The minimum absolute atomic E-state index is 0.0604. The van der Waals surface area contributed by atoms with Crippen LogP contribution in [0.15, 0.2) is 48.5 Å². The van der Waals surface area contributed by atoms with Crippen LogP contribution < -0.4 is 5.32 Å². The predicted molar refractivity (Wildman–Crippen MR) is 99.1 cm³/mol. The summed E-state index contributed by atoms with van der Waals surface area (Å²) in [5, 5.41) is 12.2. The minimum atomic E-state index is 0.0604. The predicted octanol–water partition coefficient (Wildman–Crippen LogP) is 3.13. The highest BCUT2D eigenvalue weighted by Gasteiger charge is 2.38. The first-order valence-corrected chi connectivity index (χ1v) is 9.06. The number of benzene rings is 2. The number of hydrogen-bond donors (Lipinski definition) is 2. The third kappa shape index (κ3) is 3.46. The maximum absolute atomic E-state index is 12.6. The van der Waals surface area contributed by atoms with Gasteiger partial charge in [0.2, 0.25) is 5.91 Å². The highest BCUT2D eigenvalue weighted by molar-refractivity contribution is 5.93. The Hall–Kier alpha value is -2.17. The van der Waals surface area contributed by atoms with E-state index in [1.165, 1.54) is 0 Å². The largest absolute Gasteiger partial charge is 0.392 e. The standard InChI is InChI=1S/C21H24N2O2/c24-14-15-1-3-16(4-2-15)17-5-7-19(8-6-17)22-21(25)20-13-23-11-9-18(20)10-12-23/h1-8,18,20,24H,9-14H2,(H,22,25)/t20-/m1/s1. The molecule has 130 valence electrons. The van der Waals surface area contributed by atoms with Gasteiger partial charge in [-0.25, -0.2) is 0 Å². The van der Waals surface area contributed by atoms with Crippen molar-refractivity contribution in [3.8, 4) is 11.1 Å². The molecule has 25 heavy (non-hydrogen) atoms. The molecular formula is C21H24N2O2. The fraction of sp³-hybridized carbons (Fsp3) is 0.381. The zero-order valence-corrected chi connectivity index (χ0v) is 14.3. The number of amides is 1. The first kappa shape index (κ1) is 16.3. The van der Waals surface area contributed by atoms with E-state index in [1.54, 1.807) is 0 Å². The average molecular weight is 336 g/mol. The second kappa shape index (κ2) is 6.98. The van der Waals surface area contributed by atoms with Crippen LogP contribution in [0.3, 0.4) is 0 Å². The molecule has 0 aromatic heterocycles. The molecule has 2 bridgehead atoms. The minimum Gasteiger partial charge on any atom is -0.392 e. The van der Waals surface area contributed by atoms with Gasteiger partial charge in [-0.05, 0) is 60.7 Å². The molecule has 1 amide bonds. The van der Waals surface area contributed by atoms with Gasteiger partial charge in [0.25, 0.3) is 0 Å². The molecule has 3 saturated heterocycles. The Balaban J connectivity index is 1.42. The Morgan fingerprint density at radius 3 is 2.12 bits per heavy atom. The van der Waals surface area contributed by atoms with Crippen molar-refractivity contribution in [1.82, 2.24) is 4.90 Å². The summed E-state index contributed by atoms with van der Waals surface area (Å²) in [7, 11) is 0. The van der Waals surface area contributed by atoms with Crippen molar-refractivity contribution in [2.75, 3.05) is 25.0 Å². The summed E-state index contributed by atoms with van der Waals surface area (Å²) in [4.78, 5) is 15.0. The number of carbonyl (C=O) groups excluding carboxylic acids is 1. The van der Waals surface area contributed by atoms with Gasteiger partial charge in [-0.3, -0.25) is 4.79 Å². The van der Waals surface area contributed by atoms with Crippen molar-refractivity contribution in [2.45, 2.75) is 19.4 Å². The van der Waals surface area contributed by atoms with Gasteiger partial charge in [-0.15, -0.1) is 0 Å². The molecule has 5 rings (SSSR count). The highest BCUT2D eigenvalue weighted by Crippen LogP contribution is 2.33. The zero-order chi connectivity index (χ0) is 17.2. The number of nitrogens with zero attached hydrogens (tertiary/aromatic N) is 1. The summed E-state index contributed by atoms with van der Waals surface area (Å²) < 4.78 is 0. The van der Waals surface area contributed by atoms with Gasteiger partial charge in [0.05, 0.1) is 12.5 Å². The van der Waals surface area contributed by atoms with E-state index in [1.807, 2.05) is 48.5 Å². The number of rotatable bonds is 4. The van der Waals surface area contributed by atoms with Gasteiger partial charge in [0.1, 0.15) is 0 Å². The van der Waals surface area contributed by atoms with Crippen molar-refractivity contribution >= 4 is 11.6 Å². The monoisotopic (exact) mass is 336 g/mol. The molecular weight excluding hydrogens is 312 g/mol. The van der Waals surface area contributed by atoms with Crippen LogP contribution in [0.1, 0.15) is 18.4 Å². The lowest BCUT2D eigenvalue weighted by Crippen LogP contribution is -2.51. The number of carbonyl (C=O) groups is 1. The number of aliphatic hydroxyl groups excluding tert-OH is 1. The summed E-state index contributed by atoms with van der Waals surface area (Å²) in [5.74, 6) is 0.844. The van der Waals surface area contributed by atoms with Gasteiger partial charge in [0, 0.05) is 12.2 Å². The smallest absolute Gasteiger partial charge is 0.229 e. The van der Waals surface area contributed by atoms with E-state index >= 15 is 0 Å². The first-order chi connectivity index (χ1) is 12.2. The molecule has 2 N–H and O–H groups in total. The third-order valence-electron chi connectivity index (χ3n) is 5.62. The van der Waals surface area contributed by atoms with E-state index in [-0.39, 0.29) is 18.4 Å². The second-order valence-electron chi connectivity index (χ2n) is 7.17. The van der Waals surface area contributed by atoms with Crippen LogP contribution in [0.4, 0.5) is 5.69 Å².